The van der Waals surface area contributed by atoms with Crippen LogP contribution in [0.4, 0.5) is 0 Å². The zero-order valence-corrected chi connectivity index (χ0v) is 11.0. The van der Waals surface area contributed by atoms with Gasteiger partial charge >= 0.3 is 0 Å². The molecule has 3 heterocycles. The van der Waals surface area contributed by atoms with Crippen molar-refractivity contribution >= 4 is 0 Å². The fourth-order valence-corrected chi connectivity index (χ4v) is 2.79. The van der Waals surface area contributed by atoms with Gasteiger partial charge < -0.3 is 18.9 Å². The number of likely N-dealkylation sites (tertiary alicyclic amines) is 1. The maximum absolute atomic E-state index is 5.74. The standard InChI is InChI=1S/C13H21N3O2/c1-12-14-4-7-16(12)9-8-15-5-2-13(3-6-15)17-10-11-18-13/h4,7H,2-3,5-6,8-11H2,1H3. The van der Waals surface area contributed by atoms with Crippen molar-refractivity contribution in [3.05, 3.63) is 18.2 Å². The second-order valence-electron chi connectivity index (χ2n) is 5.12. The van der Waals surface area contributed by atoms with Gasteiger partial charge in [0.2, 0.25) is 0 Å². The van der Waals surface area contributed by atoms with Gasteiger partial charge in [-0.1, -0.05) is 0 Å². The minimum absolute atomic E-state index is 0.249. The van der Waals surface area contributed by atoms with Crippen LogP contribution in [0.5, 0.6) is 0 Å². The molecule has 0 saturated carbocycles. The molecule has 0 atom stereocenters. The van der Waals surface area contributed by atoms with E-state index in [1.165, 1.54) is 0 Å². The molecule has 5 heteroatoms. The minimum Gasteiger partial charge on any atom is -0.347 e. The summed E-state index contributed by atoms with van der Waals surface area (Å²) in [7, 11) is 0. The number of aromatic nitrogens is 2. The summed E-state index contributed by atoms with van der Waals surface area (Å²) in [6.07, 6.45) is 5.90. The molecule has 2 aliphatic heterocycles. The van der Waals surface area contributed by atoms with E-state index in [9.17, 15) is 0 Å². The predicted molar refractivity (Wildman–Crippen MR) is 67.3 cm³/mol. The highest BCUT2D eigenvalue weighted by atomic mass is 16.7. The van der Waals surface area contributed by atoms with E-state index in [4.69, 9.17) is 9.47 Å². The molecule has 0 aromatic carbocycles. The summed E-state index contributed by atoms with van der Waals surface area (Å²) in [6.45, 7) is 7.78. The van der Waals surface area contributed by atoms with Gasteiger partial charge in [-0.05, 0) is 6.92 Å². The maximum Gasteiger partial charge on any atom is 0.170 e. The van der Waals surface area contributed by atoms with E-state index in [1.807, 2.05) is 19.3 Å². The molecule has 0 N–H and O–H groups in total. The van der Waals surface area contributed by atoms with Crippen LogP contribution in [0, 0.1) is 6.92 Å². The number of nitrogens with zero attached hydrogens (tertiary/aromatic N) is 3. The lowest BCUT2D eigenvalue weighted by Crippen LogP contribution is -2.45. The number of imidazole rings is 1. The Balaban J connectivity index is 1.47. The third-order valence-corrected chi connectivity index (χ3v) is 4.01. The van der Waals surface area contributed by atoms with Crippen molar-refractivity contribution in [1.29, 1.82) is 0 Å². The third-order valence-electron chi connectivity index (χ3n) is 4.01. The third kappa shape index (κ3) is 2.43. The van der Waals surface area contributed by atoms with Crippen LogP contribution in [0.3, 0.4) is 0 Å². The zero-order valence-electron chi connectivity index (χ0n) is 11.0. The van der Waals surface area contributed by atoms with Crippen molar-refractivity contribution in [2.45, 2.75) is 32.1 Å². The molecule has 1 aromatic heterocycles. The normalized spacial score (nSPS) is 23.8. The molecule has 0 radical (unpaired) electrons. The van der Waals surface area contributed by atoms with Crippen molar-refractivity contribution in [3.63, 3.8) is 0 Å². The Kier molecular flexibility index (Phi) is 3.37. The topological polar surface area (TPSA) is 39.5 Å². The van der Waals surface area contributed by atoms with Gasteiger partial charge in [0, 0.05) is 51.4 Å². The Morgan fingerprint density at radius 2 is 1.94 bits per heavy atom. The quantitative estimate of drug-likeness (QED) is 0.804. The summed E-state index contributed by atoms with van der Waals surface area (Å²) >= 11 is 0. The molecule has 3 rings (SSSR count). The number of ether oxygens (including phenoxy) is 2. The molecule has 2 saturated heterocycles. The van der Waals surface area contributed by atoms with E-state index in [2.05, 4.69) is 14.5 Å². The van der Waals surface area contributed by atoms with Crippen LogP contribution in [0.25, 0.3) is 0 Å². The van der Waals surface area contributed by atoms with Crippen LogP contribution in [-0.2, 0) is 16.0 Å². The molecular weight excluding hydrogens is 230 g/mol. The fourth-order valence-electron chi connectivity index (χ4n) is 2.79. The highest BCUT2D eigenvalue weighted by Gasteiger charge is 2.39. The summed E-state index contributed by atoms with van der Waals surface area (Å²) < 4.78 is 13.7. The lowest BCUT2D eigenvalue weighted by atomic mass is 10.0. The van der Waals surface area contributed by atoms with Crippen molar-refractivity contribution in [1.82, 2.24) is 14.5 Å². The highest BCUT2D eigenvalue weighted by Crippen LogP contribution is 2.31. The Labute approximate surface area is 108 Å². The van der Waals surface area contributed by atoms with Gasteiger partial charge in [0.15, 0.2) is 5.79 Å². The highest BCUT2D eigenvalue weighted by molar-refractivity contribution is 4.89. The van der Waals surface area contributed by atoms with E-state index in [0.29, 0.717) is 0 Å². The number of hydrogen-bond acceptors (Lipinski definition) is 4. The van der Waals surface area contributed by atoms with E-state index in [-0.39, 0.29) is 5.79 Å². The molecule has 18 heavy (non-hydrogen) atoms. The Morgan fingerprint density at radius 1 is 1.22 bits per heavy atom. The number of aryl methyl sites for hydroxylation is 1. The maximum atomic E-state index is 5.74. The van der Waals surface area contributed by atoms with E-state index < -0.39 is 0 Å². The van der Waals surface area contributed by atoms with Gasteiger partial charge in [-0.25, -0.2) is 4.98 Å². The lowest BCUT2D eigenvalue weighted by molar-refractivity contribution is -0.185. The van der Waals surface area contributed by atoms with E-state index >= 15 is 0 Å². The van der Waals surface area contributed by atoms with Crippen molar-refractivity contribution in [3.8, 4) is 0 Å². The van der Waals surface area contributed by atoms with Crippen LogP contribution in [0.2, 0.25) is 0 Å². The van der Waals surface area contributed by atoms with E-state index in [0.717, 1.165) is 58.1 Å². The van der Waals surface area contributed by atoms with Gasteiger partial charge in [0.25, 0.3) is 0 Å². The summed E-state index contributed by atoms with van der Waals surface area (Å²) in [4.78, 5) is 6.72. The molecule has 1 aromatic rings. The average molecular weight is 251 g/mol. The van der Waals surface area contributed by atoms with Crippen molar-refractivity contribution < 1.29 is 9.47 Å². The van der Waals surface area contributed by atoms with Crippen molar-refractivity contribution in [2.75, 3.05) is 32.8 Å². The summed E-state index contributed by atoms with van der Waals surface area (Å²) in [5.41, 5.74) is 0. The number of hydrogen-bond donors (Lipinski definition) is 0. The van der Waals surface area contributed by atoms with E-state index in [1.54, 1.807) is 0 Å². The molecule has 5 nitrogen and oxygen atoms in total. The summed E-state index contributed by atoms with van der Waals surface area (Å²) in [5, 5.41) is 0. The lowest BCUT2D eigenvalue weighted by Gasteiger charge is -2.37. The molecule has 0 amide bonds. The molecule has 2 aliphatic rings. The molecule has 2 fully saturated rings. The van der Waals surface area contributed by atoms with Crippen LogP contribution >= 0.6 is 0 Å². The first-order valence-electron chi connectivity index (χ1n) is 6.75. The van der Waals surface area contributed by atoms with Gasteiger partial charge in [-0.3, -0.25) is 0 Å². The van der Waals surface area contributed by atoms with Crippen LogP contribution < -0.4 is 0 Å². The Hall–Kier alpha value is -0.910. The second kappa shape index (κ2) is 4.99. The average Bonchev–Trinajstić information content (AvgIpc) is 2.99. The predicted octanol–water partition coefficient (Wildman–Crippen LogP) is 1.03. The summed E-state index contributed by atoms with van der Waals surface area (Å²) in [6, 6.07) is 0. The van der Waals surface area contributed by atoms with Gasteiger partial charge in [-0.15, -0.1) is 0 Å². The molecule has 1 spiro atoms. The monoisotopic (exact) mass is 251 g/mol. The molecule has 0 bridgehead atoms. The van der Waals surface area contributed by atoms with Gasteiger partial charge in [0.05, 0.1) is 13.2 Å². The van der Waals surface area contributed by atoms with Crippen molar-refractivity contribution in [2.24, 2.45) is 0 Å². The molecule has 100 valence electrons. The summed E-state index contributed by atoms with van der Waals surface area (Å²) in [5.74, 6) is 0.840. The fraction of sp³-hybridized carbons (Fsp3) is 0.769. The number of piperidine rings is 1. The first kappa shape index (κ1) is 12.1. The smallest absolute Gasteiger partial charge is 0.170 e. The van der Waals surface area contributed by atoms with Gasteiger partial charge in [0.1, 0.15) is 5.82 Å². The largest absolute Gasteiger partial charge is 0.347 e. The van der Waals surface area contributed by atoms with Gasteiger partial charge in [-0.2, -0.15) is 0 Å². The zero-order chi connectivity index (χ0) is 12.4. The SMILES string of the molecule is Cc1nccn1CCN1CCC2(CC1)OCCO2. The Bertz CT molecular complexity index is 389. The van der Waals surface area contributed by atoms with Crippen LogP contribution in [-0.4, -0.2) is 53.1 Å². The minimum atomic E-state index is -0.249. The molecular formula is C13H21N3O2. The second-order valence-corrected chi connectivity index (χ2v) is 5.12. The van der Waals surface area contributed by atoms with Crippen LogP contribution in [0.1, 0.15) is 18.7 Å². The first-order chi connectivity index (χ1) is 8.77. The first-order valence-corrected chi connectivity index (χ1v) is 6.75. The number of rotatable bonds is 3. The Morgan fingerprint density at radius 3 is 2.56 bits per heavy atom. The van der Waals surface area contributed by atoms with Crippen LogP contribution in [0.15, 0.2) is 12.4 Å². The molecule has 0 aliphatic carbocycles. The molecule has 0 unspecified atom stereocenters.